The fourth-order valence-electron chi connectivity index (χ4n) is 3.39. The second-order valence-corrected chi connectivity index (χ2v) is 6.76. The van der Waals surface area contributed by atoms with Gasteiger partial charge in [0.15, 0.2) is 5.82 Å². The zero-order chi connectivity index (χ0) is 18.6. The van der Waals surface area contributed by atoms with Crippen molar-refractivity contribution >= 4 is 0 Å². The Morgan fingerprint density at radius 1 is 1.00 bits per heavy atom. The molecule has 4 heterocycles. The van der Waals surface area contributed by atoms with Crippen LogP contribution in [-0.2, 0) is 7.05 Å². The van der Waals surface area contributed by atoms with Gasteiger partial charge in [-0.3, -0.25) is 9.88 Å². The quantitative estimate of drug-likeness (QED) is 0.674. The third-order valence-electron chi connectivity index (χ3n) is 4.96. The van der Waals surface area contributed by atoms with Gasteiger partial charge in [0.05, 0.1) is 6.04 Å². The molecule has 27 heavy (non-hydrogen) atoms. The summed E-state index contributed by atoms with van der Waals surface area (Å²) in [6, 6.07) is 9.85. The largest absolute Gasteiger partial charge is 0.311 e. The molecule has 3 aromatic heterocycles. The van der Waals surface area contributed by atoms with Crippen molar-refractivity contribution < 1.29 is 0 Å². The summed E-state index contributed by atoms with van der Waals surface area (Å²) in [7, 11) is 2.01. The molecule has 1 unspecified atom stereocenters. The van der Waals surface area contributed by atoms with Gasteiger partial charge in [0.25, 0.3) is 0 Å². The maximum Gasteiger partial charge on any atom is 0.182 e. The average Bonchev–Trinajstić information content (AvgIpc) is 3.37. The summed E-state index contributed by atoms with van der Waals surface area (Å²) in [5.74, 6) is 7.89. The van der Waals surface area contributed by atoms with Gasteiger partial charge >= 0.3 is 0 Å². The molecule has 1 fully saturated rings. The Morgan fingerprint density at radius 3 is 2.56 bits per heavy atom. The van der Waals surface area contributed by atoms with Gasteiger partial charge < -0.3 is 4.57 Å². The summed E-state index contributed by atoms with van der Waals surface area (Å²) in [6.45, 7) is 4.46. The van der Waals surface area contributed by atoms with Crippen molar-refractivity contribution in [2.24, 2.45) is 7.05 Å². The third kappa shape index (κ3) is 3.74. The molecular formula is C21H22N6. The zero-order valence-corrected chi connectivity index (χ0v) is 15.6. The van der Waals surface area contributed by atoms with Crippen molar-refractivity contribution in [3.05, 3.63) is 59.8 Å². The lowest BCUT2D eigenvalue weighted by Crippen LogP contribution is -2.25. The Labute approximate surface area is 159 Å². The molecule has 0 saturated carbocycles. The van der Waals surface area contributed by atoms with E-state index in [9.17, 15) is 0 Å². The topological polar surface area (TPSA) is 59.7 Å². The standard InChI is InChI=1S/C21H22N6/c1-16(27-13-5-6-14-27)20-24-25-21(26(20)2)19-11-9-17(15-23-19)8-10-18-7-3-4-12-22-18/h3-4,7,9,11-12,15-16H,5-6,13-14H2,1-2H3. The monoisotopic (exact) mass is 358 g/mol. The molecule has 0 bridgehead atoms. The van der Waals surface area contributed by atoms with Crippen LogP contribution in [0.3, 0.4) is 0 Å². The van der Waals surface area contributed by atoms with Crippen LogP contribution in [0.25, 0.3) is 11.5 Å². The number of rotatable bonds is 3. The van der Waals surface area contributed by atoms with Gasteiger partial charge in [-0.1, -0.05) is 12.0 Å². The Hall–Kier alpha value is -3.04. The van der Waals surface area contributed by atoms with E-state index in [1.807, 2.05) is 41.9 Å². The lowest BCUT2D eigenvalue weighted by Gasteiger charge is -2.22. The second-order valence-electron chi connectivity index (χ2n) is 6.76. The molecule has 136 valence electrons. The summed E-state index contributed by atoms with van der Waals surface area (Å²) in [4.78, 5) is 11.2. The Morgan fingerprint density at radius 2 is 1.85 bits per heavy atom. The van der Waals surface area contributed by atoms with Gasteiger partial charge in [-0.2, -0.15) is 0 Å². The summed E-state index contributed by atoms with van der Waals surface area (Å²) in [6.07, 6.45) is 6.03. The van der Waals surface area contributed by atoms with Gasteiger partial charge in [-0.25, -0.2) is 4.98 Å². The maximum absolute atomic E-state index is 4.53. The van der Waals surface area contributed by atoms with Crippen LogP contribution in [0, 0.1) is 11.8 Å². The molecule has 0 amide bonds. The number of aromatic nitrogens is 5. The van der Waals surface area contributed by atoms with Crippen molar-refractivity contribution in [3.8, 4) is 23.4 Å². The zero-order valence-electron chi connectivity index (χ0n) is 15.6. The first-order valence-electron chi connectivity index (χ1n) is 9.25. The number of pyridine rings is 2. The first-order valence-corrected chi connectivity index (χ1v) is 9.25. The van der Waals surface area contributed by atoms with Crippen LogP contribution in [0.15, 0.2) is 42.7 Å². The van der Waals surface area contributed by atoms with Crippen molar-refractivity contribution in [1.29, 1.82) is 0 Å². The average molecular weight is 358 g/mol. The van der Waals surface area contributed by atoms with Crippen LogP contribution in [0.2, 0.25) is 0 Å². The molecule has 1 aliphatic rings. The fourth-order valence-corrected chi connectivity index (χ4v) is 3.39. The molecule has 0 spiro atoms. The molecule has 0 N–H and O–H groups in total. The first-order chi connectivity index (χ1) is 13.2. The van der Waals surface area contributed by atoms with Crippen molar-refractivity contribution in [2.75, 3.05) is 13.1 Å². The van der Waals surface area contributed by atoms with Gasteiger partial charge in [-0.05, 0) is 63.0 Å². The number of likely N-dealkylation sites (tertiary alicyclic amines) is 1. The maximum atomic E-state index is 4.53. The number of hydrogen-bond acceptors (Lipinski definition) is 5. The van der Waals surface area contributed by atoms with E-state index < -0.39 is 0 Å². The first kappa shape index (κ1) is 17.4. The minimum Gasteiger partial charge on any atom is -0.311 e. The number of hydrogen-bond donors (Lipinski definition) is 0. The van der Waals surface area contributed by atoms with E-state index in [2.05, 4.69) is 43.8 Å². The van der Waals surface area contributed by atoms with E-state index >= 15 is 0 Å². The predicted molar refractivity (Wildman–Crippen MR) is 104 cm³/mol. The van der Waals surface area contributed by atoms with Gasteiger partial charge in [0.2, 0.25) is 0 Å². The molecule has 6 heteroatoms. The minimum absolute atomic E-state index is 0.266. The molecule has 1 saturated heterocycles. The van der Waals surface area contributed by atoms with E-state index in [0.29, 0.717) is 0 Å². The van der Waals surface area contributed by atoms with Gasteiger partial charge in [-0.15, -0.1) is 10.2 Å². The molecule has 1 aliphatic heterocycles. The molecular weight excluding hydrogens is 336 g/mol. The van der Waals surface area contributed by atoms with Gasteiger partial charge in [0.1, 0.15) is 17.2 Å². The van der Waals surface area contributed by atoms with E-state index in [1.54, 1.807) is 12.4 Å². The van der Waals surface area contributed by atoms with Crippen LogP contribution < -0.4 is 0 Å². The van der Waals surface area contributed by atoms with Crippen LogP contribution in [-0.4, -0.2) is 42.7 Å². The smallest absolute Gasteiger partial charge is 0.182 e. The normalized spacial score (nSPS) is 15.3. The lowest BCUT2D eigenvalue weighted by atomic mass is 10.2. The van der Waals surface area contributed by atoms with E-state index in [-0.39, 0.29) is 6.04 Å². The number of nitrogens with zero attached hydrogens (tertiary/aromatic N) is 6. The Kier molecular flexibility index (Phi) is 4.95. The lowest BCUT2D eigenvalue weighted by molar-refractivity contribution is 0.249. The highest BCUT2D eigenvalue weighted by Gasteiger charge is 2.24. The SMILES string of the molecule is CC(c1nnc(-c2ccc(C#Cc3ccccn3)cn2)n1C)N1CCCC1. The van der Waals surface area contributed by atoms with Crippen molar-refractivity contribution in [2.45, 2.75) is 25.8 Å². The molecule has 6 nitrogen and oxygen atoms in total. The fraction of sp³-hybridized carbons (Fsp3) is 0.333. The van der Waals surface area contributed by atoms with E-state index in [1.165, 1.54) is 12.8 Å². The Bertz CT molecular complexity index is 959. The minimum atomic E-state index is 0.266. The van der Waals surface area contributed by atoms with Crippen LogP contribution in [0.1, 0.15) is 42.9 Å². The molecule has 4 rings (SSSR count). The summed E-state index contributed by atoms with van der Waals surface area (Å²) >= 11 is 0. The van der Waals surface area contributed by atoms with E-state index in [4.69, 9.17) is 0 Å². The summed E-state index contributed by atoms with van der Waals surface area (Å²) < 4.78 is 2.05. The second kappa shape index (κ2) is 7.68. The highest BCUT2D eigenvalue weighted by molar-refractivity contribution is 5.51. The molecule has 0 aliphatic carbocycles. The summed E-state index contributed by atoms with van der Waals surface area (Å²) in [5, 5.41) is 8.81. The summed E-state index contributed by atoms with van der Waals surface area (Å²) in [5.41, 5.74) is 2.39. The van der Waals surface area contributed by atoms with Crippen molar-refractivity contribution in [3.63, 3.8) is 0 Å². The van der Waals surface area contributed by atoms with Gasteiger partial charge in [0, 0.05) is 25.0 Å². The predicted octanol–water partition coefficient (Wildman–Crippen LogP) is 2.83. The molecule has 3 aromatic rings. The third-order valence-corrected chi connectivity index (χ3v) is 4.96. The molecule has 1 atom stereocenters. The highest BCUT2D eigenvalue weighted by Crippen LogP contribution is 2.25. The van der Waals surface area contributed by atoms with Crippen LogP contribution in [0.5, 0.6) is 0 Å². The van der Waals surface area contributed by atoms with E-state index in [0.717, 1.165) is 41.7 Å². The van der Waals surface area contributed by atoms with Crippen molar-refractivity contribution in [1.82, 2.24) is 29.6 Å². The van der Waals surface area contributed by atoms with Crippen LogP contribution in [0.4, 0.5) is 0 Å². The molecule has 0 aromatic carbocycles. The Balaban J connectivity index is 1.53. The highest BCUT2D eigenvalue weighted by atomic mass is 15.3. The molecule has 0 radical (unpaired) electrons. The van der Waals surface area contributed by atoms with Crippen LogP contribution >= 0.6 is 0 Å².